The van der Waals surface area contributed by atoms with Crippen molar-refractivity contribution >= 4 is 12.2 Å². The van der Waals surface area contributed by atoms with Crippen LogP contribution in [0.3, 0.4) is 0 Å². The van der Waals surface area contributed by atoms with Gasteiger partial charge in [-0.2, -0.15) is 0 Å². The number of nitrogens with zero attached hydrogens (tertiary/aromatic N) is 1. The van der Waals surface area contributed by atoms with E-state index in [1.807, 2.05) is 48.5 Å². The smallest absolute Gasteiger partial charge is 0.265 e. The van der Waals surface area contributed by atoms with E-state index in [-0.39, 0.29) is 22.3 Å². The van der Waals surface area contributed by atoms with Crippen LogP contribution >= 0.6 is 12.2 Å². The Kier molecular flexibility index (Phi) is 4.44. The Labute approximate surface area is 156 Å². The van der Waals surface area contributed by atoms with Gasteiger partial charge >= 0.3 is 0 Å². The summed E-state index contributed by atoms with van der Waals surface area (Å²) in [6.07, 6.45) is 0.953. The Hall–Kier alpha value is -2.70. The lowest BCUT2D eigenvalue weighted by molar-refractivity contribution is -0.690. The highest BCUT2D eigenvalue weighted by Crippen LogP contribution is 2.28. The minimum Gasteiger partial charge on any atom is -0.494 e. The van der Waals surface area contributed by atoms with Crippen LogP contribution in [0, 0.1) is 4.77 Å². The van der Waals surface area contributed by atoms with E-state index < -0.39 is 0 Å². The van der Waals surface area contributed by atoms with Crippen molar-refractivity contribution in [2.75, 3.05) is 6.54 Å². The average molecular weight is 366 g/mol. The van der Waals surface area contributed by atoms with Crippen LogP contribution in [-0.4, -0.2) is 21.2 Å². The van der Waals surface area contributed by atoms with Crippen LogP contribution in [0.15, 0.2) is 59.4 Å². The third kappa shape index (κ3) is 2.98. The van der Waals surface area contributed by atoms with Crippen molar-refractivity contribution in [1.29, 1.82) is 0 Å². The summed E-state index contributed by atoms with van der Waals surface area (Å²) in [6.45, 7) is 1.28. The second-order valence-corrected chi connectivity index (χ2v) is 6.91. The molecule has 2 heterocycles. The Balaban J connectivity index is 1.85. The molecule has 1 aliphatic heterocycles. The SMILES string of the molecule is O=c1[nH]c(=S)n(Cc2ccccc2)c(O)c1[C@H]1[NH2+]CCc2ccccc21. The third-order valence-electron chi connectivity index (χ3n) is 4.91. The lowest BCUT2D eigenvalue weighted by Gasteiger charge is -2.24. The second-order valence-electron chi connectivity index (χ2n) is 6.52. The Morgan fingerprint density at radius 3 is 2.69 bits per heavy atom. The Morgan fingerprint density at radius 1 is 1.15 bits per heavy atom. The number of hydrogen-bond acceptors (Lipinski definition) is 3. The molecule has 0 aliphatic carbocycles. The van der Waals surface area contributed by atoms with Crippen molar-refractivity contribution in [3.63, 3.8) is 0 Å². The molecule has 2 aromatic carbocycles. The monoisotopic (exact) mass is 366 g/mol. The topological polar surface area (TPSA) is 74.6 Å². The minimum atomic E-state index is -0.324. The molecule has 6 heteroatoms. The molecule has 0 bridgehead atoms. The average Bonchev–Trinajstić information content (AvgIpc) is 2.66. The molecule has 132 valence electrons. The number of H-pyrrole nitrogens is 1. The van der Waals surface area contributed by atoms with Crippen molar-refractivity contribution in [1.82, 2.24) is 9.55 Å². The van der Waals surface area contributed by atoms with Crippen molar-refractivity contribution in [3.8, 4) is 5.88 Å². The first-order valence-corrected chi connectivity index (χ1v) is 9.07. The van der Waals surface area contributed by atoms with Crippen molar-refractivity contribution in [3.05, 3.63) is 92.0 Å². The van der Waals surface area contributed by atoms with E-state index in [0.717, 1.165) is 24.1 Å². The van der Waals surface area contributed by atoms with Gasteiger partial charge in [-0.05, 0) is 23.3 Å². The van der Waals surface area contributed by atoms with Crippen LogP contribution in [-0.2, 0) is 13.0 Å². The molecule has 0 radical (unpaired) electrons. The summed E-state index contributed by atoms with van der Waals surface area (Å²) in [5.74, 6) is -0.0550. The van der Waals surface area contributed by atoms with Crippen LogP contribution in [0.5, 0.6) is 5.88 Å². The Morgan fingerprint density at radius 2 is 1.88 bits per heavy atom. The van der Waals surface area contributed by atoms with Gasteiger partial charge in [0, 0.05) is 12.0 Å². The summed E-state index contributed by atoms with van der Waals surface area (Å²) in [6, 6.07) is 17.6. The van der Waals surface area contributed by atoms with E-state index in [2.05, 4.69) is 16.4 Å². The summed E-state index contributed by atoms with van der Waals surface area (Å²) < 4.78 is 1.82. The zero-order chi connectivity index (χ0) is 18.1. The van der Waals surface area contributed by atoms with Gasteiger partial charge in [-0.25, -0.2) is 0 Å². The molecule has 1 aliphatic rings. The fraction of sp³-hybridized carbons (Fsp3) is 0.200. The molecular formula is C20H20N3O2S+. The van der Waals surface area contributed by atoms with Gasteiger partial charge in [0.15, 0.2) is 4.77 Å². The quantitative estimate of drug-likeness (QED) is 0.620. The van der Waals surface area contributed by atoms with Crippen molar-refractivity contribution in [2.45, 2.75) is 19.0 Å². The number of hydrogen-bond donors (Lipinski definition) is 3. The van der Waals surface area contributed by atoms with Gasteiger partial charge in [-0.15, -0.1) is 0 Å². The summed E-state index contributed by atoms with van der Waals surface area (Å²) in [7, 11) is 0. The fourth-order valence-corrected chi connectivity index (χ4v) is 3.88. The number of aromatic hydroxyl groups is 1. The number of rotatable bonds is 3. The second kappa shape index (κ2) is 6.90. The highest BCUT2D eigenvalue weighted by molar-refractivity contribution is 7.71. The zero-order valence-corrected chi connectivity index (χ0v) is 15.0. The van der Waals surface area contributed by atoms with E-state index in [4.69, 9.17) is 12.2 Å². The lowest BCUT2D eigenvalue weighted by atomic mass is 9.91. The van der Waals surface area contributed by atoms with Gasteiger partial charge in [-0.1, -0.05) is 54.6 Å². The first kappa shape index (κ1) is 16.8. The molecule has 5 nitrogen and oxygen atoms in total. The molecular weight excluding hydrogens is 346 g/mol. The Bertz CT molecular complexity index is 1060. The molecule has 0 spiro atoms. The van der Waals surface area contributed by atoms with Gasteiger partial charge in [-0.3, -0.25) is 14.3 Å². The molecule has 1 atom stereocenters. The minimum absolute atomic E-state index is 0.0550. The molecule has 0 fully saturated rings. The summed E-state index contributed by atoms with van der Waals surface area (Å²) in [4.78, 5) is 15.4. The fourth-order valence-electron chi connectivity index (χ4n) is 3.64. The van der Waals surface area contributed by atoms with Crippen LogP contribution in [0.25, 0.3) is 0 Å². The maximum absolute atomic E-state index is 12.7. The number of aromatic nitrogens is 2. The number of aromatic amines is 1. The van der Waals surface area contributed by atoms with Crippen molar-refractivity contribution in [2.24, 2.45) is 0 Å². The predicted molar refractivity (Wildman–Crippen MR) is 102 cm³/mol. The molecule has 4 N–H and O–H groups in total. The molecule has 4 rings (SSSR count). The normalized spacial score (nSPS) is 16.2. The molecule has 3 aromatic rings. The standard InChI is InChI=1S/C20H19N3O2S/c24-18-16(17-15-9-5-4-8-14(15)10-11-21-17)19(25)23(20(26)22-18)12-13-6-2-1-3-7-13/h1-9,17,21,25H,10-12H2,(H,22,24,26)/p+1/t17-/m0/s1. The van der Waals surface area contributed by atoms with Gasteiger partial charge in [0.2, 0.25) is 5.88 Å². The molecule has 0 amide bonds. The highest BCUT2D eigenvalue weighted by atomic mass is 32.1. The largest absolute Gasteiger partial charge is 0.494 e. The van der Waals surface area contributed by atoms with E-state index in [1.165, 1.54) is 5.56 Å². The van der Waals surface area contributed by atoms with Gasteiger partial charge in [0.1, 0.15) is 11.6 Å². The van der Waals surface area contributed by atoms with Crippen LogP contribution in [0.2, 0.25) is 0 Å². The van der Waals surface area contributed by atoms with E-state index in [0.29, 0.717) is 12.1 Å². The van der Waals surface area contributed by atoms with E-state index >= 15 is 0 Å². The number of nitrogens with one attached hydrogen (secondary N) is 1. The van der Waals surface area contributed by atoms with Gasteiger partial charge < -0.3 is 10.4 Å². The molecule has 0 saturated carbocycles. The van der Waals surface area contributed by atoms with Crippen LogP contribution in [0.4, 0.5) is 0 Å². The van der Waals surface area contributed by atoms with Crippen molar-refractivity contribution < 1.29 is 10.4 Å². The maximum atomic E-state index is 12.7. The number of nitrogens with two attached hydrogens (primary N) is 1. The van der Waals surface area contributed by atoms with Crippen LogP contribution in [0.1, 0.15) is 28.3 Å². The van der Waals surface area contributed by atoms with Crippen LogP contribution < -0.4 is 10.9 Å². The molecule has 1 aromatic heterocycles. The highest BCUT2D eigenvalue weighted by Gasteiger charge is 2.31. The summed E-state index contributed by atoms with van der Waals surface area (Å²) in [5, 5.41) is 13.0. The molecule has 0 saturated heterocycles. The maximum Gasteiger partial charge on any atom is 0.265 e. The summed E-state index contributed by atoms with van der Waals surface area (Å²) in [5.41, 5.74) is 3.33. The predicted octanol–water partition coefficient (Wildman–Crippen LogP) is 1.87. The first-order chi connectivity index (χ1) is 12.6. The zero-order valence-electron chi connectivity index (χ0n) is 14.2. The molecule has 26 heavy (non-hydrogen) atoms. The molecule has 0 unspecified atom stereocenters. The van der Waals surface area contributed by atoms with E-state index in [9.17, 15) is 9.90 Å². The summed E-state index contributed by atoms with van der Waals surface area (Å²) >= 11 is 5.30. The van der Waals surface area contributed by atoms with Gasteiger partial charge in [0.25, 0.3) is 5.56 Å². The number of quaternary nitrogens is 1. The number of fused-ring (bicyclic) bond motifs is 1. The third-order valence-corrected chi connectivity index (χ3v) is 5.23. The van der Waals surface area contributed by atoms with Gasteiger partial charge in [0.05, 0.1) is 13.1 Å². The van der Waals surface area contributed by atoms with E-state index in [1.54, 1.807) is 4.57 Å². The number of benzene rings is 2. The lowest BCUT2D eigenvalue weighted by Crippen LogP contribution is -2.87. The first-order valence-electron chi connectivity index (χ1n) is 8.66.